The Morgan fingerprint density at radius 3 is 2.10 bits per heavy atom. The van der Waals surface area contributed by atoms with Gasteiger partial charge in [0.15, 0.2) is 5.75 Å². The molecule has 0 amide bonds. The third-order valence-corrected chi connectivity index (χ3v) is 7.60. The van der Waals surface area contributed by atoms with E-state index in [0.717, 1.165) is 47.9 Å². The highest BCUT2D eigenvalue weighted by Crippen LogP contribution is 2.35. The maximum atomic E-state index is 14.1. The first kappa shape index (κ1) is 33.3. The van der Waals surface area contributed by atoms with E-state index >= 15 is 0 Å². The number of aromatic nitrogens is 1. The average Bonchev–Trinajstić information content (AvgIpc) is 2.99. The SMILES string of the molecule is CCCCCCCCOc1c(OCC=C(C)C)c2ccc(OCc3ccccc3)cc2n(CCCCCCCC)c1=O. The normalized spacial score (nSPS) is 11.0. The van der Waals surface area contributed by atoms with E-state index in [4.69, 9.17) is 14.2 Å². The van der Waals surface area contributed by atoms with E-state index in [1.807, 2.05) is 60.9 Å². The van der Waals surface area contributed by atoms with Crippen LogP contribution in [0.3, 0.4) is 0 Å². The minimum absolute atomic E-state index is 0.116. The van der Waals surface area contributed by atoms with E-state index in [2.05, 4.69) is 26.0 Å². The summed E-state index contributed by atoms with van der Waals surface area (Å²) in [4.78, 5) is 14.1. The minimum Gasteiger partial charge on any atom is -0.489 e. The first-order valence-corrected chi connectivity index (χ1v) is 16.3. The van der Waals surface area contributed by atoms with Gasteiger partial charge in [0.1, 0.15) is 19.0 Å². The van der Waals surface area contributed by atoms with Crippen LogP contribution >= 0.6 is 0 Å². The van der Waals surface area contributed by atoms with Crippen molar-refractivity contribution in [3.8, 4) is 17.2 Å². The van der Waals surface area contributed by atoms with Crippen molar-refractivity contribution in [2.24, 2.45) is 0 Å². The van der Waals surface area contributed by atoms with Gasteiger partial charge in [0.2, 0.25) is 5.75 Å². The Bertz CT molecular complexity index is 1270. The zero-order valence-corrected chi connectivity index (χ0v) is 26.6. The first-order valence-electron chi connectivity index (χ1n) is 16.3. The molecule has 2 aromatic carbocycles. The molecule has 0 aliphatic carbocycles. The molecule has 0 aliphatic heterocycles. The molecule has 3 aromatic rings. The van der Waals surface area contributed by atoms with Gasteiger partial charge in [-0.2, -0.15) is 0 Å². The lowest BCUT2D eigenvalue weighted by Gasteiger charge is -2.19. The van der Waals surface area contributed by atoms with Crippen LogP contribution in [0, 0.1) is 0 Å². The smallest absolute Gasteiger partial charge is 0.297 e. The van der Waals surface area contributed by atoms with Crippen LogP contribution in [0.2, 0.25) is 0 Å². The van der Waals surface area contributed by atoms with Crippen molar-refractivity contribution < 1.29 is 14.2 Å². The van der Waals surface area contributed by atoms with Gasteiger partial charge in [-0.3, -0.25) is 4.79 Å². The van der Waals surface area contributed by atoms with Gasteiger partial charge in [0.25, 0.3) is 5.56 Å². The summed E-state index contributed by atoms with van der Waals surface area (Å²) >= 11 is 0. The number of benzene rings is 2. The minimum atomic E-state index is -0.116. The van der Waals surface area contributed by atoms with Gasteiger partial charge in [-0.05, 0) is 50.5 Å². The Balaban J connectivity index is 1.93. The lowest BCUT2D eigenvalue weighted by atomic mass is 10.1. The van der Waals surface area contributed by atoms with Crippen LogP contribution in [-0.4, -0.2) is 17.8 Å². The number of fused-ring (bicyclic) bond motifs is 1. The molecule has 0 spiro atoms. The number of ether oxygens (including phenoxy) is 3. The average molecular weight is 576 g/mol. The van der Waals surface area contributed by atoms with Crippen molar-refractivity contribution in [3.63, 3.8) is 0 Å². The molecule has 0 bridgehead atoms. The summed E-state index contributed by atoms with van der Waals surface area (Å²) < 4.78 is 20.6. The maximum absolute atomic E-state index is 14.1. The van der Waals surface area contributed by atoms with Crippen molar-refractivity contribution in [1.29, 1.82) is 0 Å². The van der Waals surface area contributed by atoms with E-state index in [1.165, 1.54) is 56.9 Å². The molecule has 3 rings (SSSR count). The summed E-state index contributed by atoms with van der Waals surface area (Å²) in [6.45, 7) is 10.6. The molecule has 0 unspecified atom stereocenters. The fraction of sp³-hybridized carbons (Fsp3) is 0.541. The lowest BCUT2D eigenvalue weighted by Crippen LogP contribution is -2.24. The quantitative estimate of drug-likeness (QED) is 0.0937. The van der Waals surface area contributed by atoms with E-state index in [0.29, 0.717) is 37.9 Å². The summed E-state index contributed by atoms with van der Waals surface area (Å²) in [6, 6.07) is 16.1. The summed E-state index contributed by atoms with van der Waals surface area (Å²) in [5.41, 5.74) is 2.99. The predicted molar refractivity (Wildman–Crippen MR) is 176 cm³/mol. The van der Waals surface area contributed by atoms with E-state index in [-0.39, 0.29) is 5.56 Å². The highest BCUT2D eigenvalue weighted by atomic mass is 16.5. The predicted octanol–water partition coefficient (Wildman–Crippen LogP) is 10.0. The second-order valence-electron chi connectivity index (χ2n) is 11.5. The van der Waals surface area contributed by atoms with Gasteiger partial charge in [0.05, 0.1) is 12.1 Å². The van der Waals surface area contributed by atoms with Crippen molar-refractivity contribution in [2.45, 2.75) is 118 Å². The number of hydrogen-bond acceptors (Lipinski definition) is 4. The van der Waals surface area contributed by atoms with Crippen molar-refractivity contribution in [3.05, 3.63) is 76.1 Å². The Kier molecular flexibility index (Phi) is 15.1. The number of allylic oxidation sites excluding steroid dienone is 1. The molecule has 0 fully saturated rings. The number of unbranched alkanes of at least 4 members (excludes halogenated alkanes) is 10. The zero-order valence-electron chi connectivity index (χ0n) is 26.6. The maximum Gasteiger partial charge on any atom is 0.297 e. The van der Waals surface area contributed by atoms with Crippen LogP contribution in [0.5, 0.6) is 17.2 Å². The highest BCUT2D eigenvalue weighted by Gasteiger charge is 2.20. The summed E-state index contributed by atoms with van der Waals surface area (Å²) in [5.74, 6) is 1.60. The van der Waals surface area contributed by atoms with Gasteiger partial charge >= 0.3 is 0 Å². The molecule has 0 atom stereocenters. The van der Waals surface area contributed by atoms with Crippen molar-refractivity contribution in [1.82, 2.24) is 4.57 Å². The molecule has 0 aliphatic rings. The Hall–Kier alpha value is -3.21. The Morgan fingerprint density at radius 2 is 1.40 bits per heavy atom. The fourth-order valence-electron chi connectivity index (χ4n) is 5.10. The van der Waals surface area contributed by atoms with Crippen LogP contribution in [0.25, 0.3) is 10.9 Å². The standard InChI is InChI=1S/C37H53NO4/c1-5-7-9-11-13-18-25-38-34-28-32(42-29-31-20-16-15-17-21-31)22-23-33(34)35(41-27-24-30(3)4)36(37(38)39)40-26-19-14-12-10-8-6-2/h15-17,20-24,28H,5-14,18-19,25-27,29H2,1-4H3. The molecule has 0 saturated carbocycles. The molecule has 0 N–H and O–H groups in total. The van der Waals surface area contributed by atoms with Gasteiger partial charge < -0.3 is 18.8 Å². The molecule has 1 aromatic heterocycles. The van der Waals surface area contributed by atoms with Gasteiger partial charge in [-0.25, -0.2) is 0 Å². The van der Waals surface area contributed by atoms with Gasteiger partial charge in [-0.1, -0.05) is 114 Å². The van der Waals surface area contributed by atoms with Gasteiger partial charge in [0, 0.05) is 18.0 Å². The number of pyridine rings is 1. The molecule has 230 valence electrons. The molecule has 5 heteroatoms. The third kappa shape index (κ3) is 10.9. The number of rotatable bonds is 21. The largest absolute Gasteiger partial charge is 0.489 e. The second-order valence-corrected chi connectivity index (χ2v) is 11.5. The lowest BCUT2D eigenvalue weighted by molar-refractivity contribution is 0.271. The Morgan fingerprint density at radius 1 is 0.738 bits per heavy atom. The number of hydrogen-bond donors (Lipinski definition) is 0. The van der Waals surface area contributed by atoms with Crippen LogP contribution in [0.1, 0.15) is 110 Å². The summed E-state index contributed by atoms with van der Waals surface area (Å²) in [7, 11) is 0. The van der Waals surface area contributed by atoms with Crippen molar-refractivity contribution in [2.75, 3.05) is 13.2 Å². The molecular formula is C37H53NO4. The summed E-state index contributed by atoms with van der Waals surface area (Å²) in [5, 5.41) is 0.882. The topological polar surface area (TPSA) is 49.7 Å². The zero-order chi connectivity index (χ0) is 30.0. The van der Waals surface area contributed by atoms with Crippen LogP contribution in [-0.2, 0) is 13.2 Å². The fourth-order valence-corrected chi connectivity index (χ4v) is 5.10. The monoisotopic (exact) mass is 575 g/mol. The second kappa shape index (κ2) is 19.1. The number of nitrogens with zero attached hydrogens (tertiary/aromatic N) is 1. The first-order chi connectivity index (χ1) is 20.5. The van der Waals surface area contributed by atoms with E-state index < -0.39 is 0 Å². The molecule has 5 nitrogen and oxygen atoms in total. The van der Waals surface area contributed by atoms with Crippen molar-refractivity contribution >= 4 is 10.9 Å². The number of aryl methyl sites for hydroxylation is 1. The van der Waals surface area contributed by atoms with Crippen LogP contribution in [0.15, 0.2) is 65.0 Å². The highest BCUT2D eigenvalue weighted by molar-refractivity contribution is 5.89. The molecule has 42 heavy (non-hydrogen) atoms. The van der Waals surface area contributed by atoms with Gasteiger partial charge in [-0.15, -0.1) is 0 Å². The van der Waals surface area contributed by atoms with Crippen LogP contribution in [0.4, 0.5) is 0 Å². The molecule has 1 heterocycles. The summed E-state index contributed by atoms with van der Waals surface area (Å²) in [6.07, 6.45) is 16.0. The van der Waals surface area contributed by atoms with E-state index in [9.17, 15) is 4.79 Å². The molecular weight excluding hydrogens is 522 g/mol. The molecule has 0 saturated heterocycles. The third-order valence-electron chi connectivity index (χ3n) is 7.60. The Labute approximate surface area is 253 Å². The van der Waals surface area contributed by atoms with E-state index in [1.54, 1.807) is 0 Å². The molecule has 0 radical (unpaired) electrons. The van der Waals surface area contributed by atoms with Crippen LogP contribution < -0.4 is 19.8 Å².